The Labute approximate surface area is 128 Å². The number of benzene rings is 1. The SMILES string of the molecule is Cc1cc([N+](=O)[O-])nn1Cc1ccn(-c2ccc(F)cc2F)n1. The van der Waals surface area contributed by atoms with Crippen LogP contribution >= 0.6 is 0 Å². The molecule has 0 saturated carbocycles. The van der Waals surface area contributed by atoms with Gasteiger partial charge in [-0.05, 0) is 30.0 Å². The minimum atomic E-state index is -0.731. The molecular formula is C14H11F2N5O2. The number of aromatic nitrogens is 4. The number of aryl methyl sites for hydroxylation is 1. The second-order valence-electron chi connectivity index (χ2n) is 4.91. The standard InChI is InChI=1S/C14H11F2N5O2/c1-9-6-14(21(22)23)18-20(9)8-11-4-5-19(17-11)13-3-2-10(15)7-12(13)16/h2-7H,8H2,1H3. The first-order chi connectivity index (χ1) is 10.9. The van der Waals surface area contributed by atoms with E-state index in [0.29, 0.717) is 11.4 Å². The van der Waals surface area contributed by atoms with E-state index in [-0.39, 0.29) is 18.1 Å². The molecule has 0 unspecified atom stereocenters. The Balaban J connectivity index is 1.86. The van der Waals surface area contributed by atoms with Crippen LogP contribution in [0, 0.1) is 28.7 Å². The highest BCUT2D eigenvalue weighted by atomic mass is 19.1. The van der Waals surface area contributed by atoms with Crippen LogP contribution in [0.5, 0.6) is 0 Å². The van der Waals surface area contributed by atoms with Gasteiger partial charge < -0.3 is 10.1 Å². The van der Waals surface area contributed by atoms with E-state index in [1.165, 1.54) is 27.7 Å². The van der Waals surface area contributed by atoms with Crippen molar-refractivity contribution in [3.8, 4) is 5.69 Å². The van der Waals surface area contributed by atoms with E-state index in [1.54, 1.807) is 13.0 Å². The molecular weight excluding hydrogens is 308 g/mol. The first-order valence-electron chi connectivity index (χ1n) is 6.63. The molecule has 1 aromatic carbocycles. The van der Waals surface area contributed by atoms with Crippen LogP contribution in [0.2, 0.25) is 0 Å². The summed E-state index contributed by atoms with van der Waals surface area (Å²) in [5.74, 6) is -1.64. The number of hydrogen-bond acceptors (Lipinski definition) is 4. The predicted molar refractivity (Wildman–Crippen MR) is 76.2 cm³/mol. The van der Waals surface area contributed by atoms with Crippen LogP contribution in [0.4, 0.5) is 14.6 Å². The lowest BCUT2D eigenvalue weighted by Gasteiger charge is -2.03. The Morgan fingerprint density at radius 2 is 2.00 bits per heavy atom. The van der Waals surface area contributed by atoms with Crippen molar-refractivity contribution in [2.45, 2.75) is 13.5 Å². The molecule has 2 aromatic heterocycles. The van der Waals surface area contributed by atoms with Gasteiger partial charge in [-0.15, -0.1) is 0 Å². The molecule has 0 N–H and O–H groups in total. The Hall–Kier alpha value is -3.10. The topological polar surface area (TPSA) is 78.8 Å². The highest BCUT2D eigenvalue weighted by molar-refractivity contribution is 5.33. The Bertz CT molecular complexity index is 887. The lowest BCUT2D eigenvalue weighted by atomic mass is 10.3. The van der Waals surface area contributed by atoms with Crippen molar-refractivity contribution in [1.29, 1.82) is 0 Å². The fourth-order valence-corrected chi connectivity index (χ4v) is 2.14. The van der Waals surface area contributed by atoms with E-state index in [4.69, 9.17) is 0 Å². The molecule has 0 spiro atoms. The van der Waals surface area contributed by atoms with Crippen molar-refractivity contribution >= 4 is 5.82 Å². The van der Waals surface area contributed by atoms with Gasteiger partial charge in [-0.1, -0.05) is 0 Å². The first-order valence-corrected chi connectivity index (χ1v) is 6.63. The molecule has 0 aliphatic rings. The predicted octanol–water partition coefficient (Wildman–Crippen LogP) is 2.61. The summed E-state index contributed by atoms with van der Waals surface area (Å²) in [6.45, 7) is 1.89. The molecule has 0 bridgehead atoms. The average molecular weight is 319 g/mol. The normalized spacial score (nSPS) is 10.9. The Morgan fingerprint density at radius 3 is 2.65 bits per heavy atom. The lowest BCUT2D eigenvalue weighted by Crippen LogP contribution is -2.06. The fraction of sp³-hybridized carbons (Fsp3) is 0.143. The van der Waals surface area contributed by atoms with Gasteiger partial charge in [0.15, 0.2) is 5.82 Å². The summed E-state index contributed by atoms with van der Waals surface area (Å²) in [6.07, 6.45) is 1.53. The summed E-state index contributed by atoms with van der Waals surface area (Å²) in [7, 11) is 0. The van der Waals surface area contributed by atoms with Gasteiger partial charge in [0, 0.05) is 12.3 Å². The second kappa shape index (κ2) is 5.59. The van der Waals surface area contributed by atoms with Gasteiger partial charge in [0.1, 0.15) is 18.0 Å². The molecule has 3 aromatic rings. The summed E-state index contributed by atoms with van der Waals surface area (Å²) in [4.78, 5) is 10.1. The molecule has 23 heavy (non-hydrogen) atoms. The van der Waals surface area contributed by atoms with Gasteiger partial charge >= 0.3 is 5.82 Å². The average Bonchev–Trinajstić information content (AvgIpc) is 3.07. The zero-order chi connectivity index (χ0) is 16.6. The van der Waals surface area contributed by atoms with E-state index < -0.39 is 16.6 Å². The van der Waals surface area contributed by atoms with Crippen LogP contribution in [0.15, 0.2) is 36.5 Å². The number of rotatable bonds is 4. The molecule has 2 heterocycles. The Morgan fingerprint density at radius 1 is 1.22 bits per heavy atom. The van der Waals surface area contributed by atoms with Crippen LogP contribution in [-0.4, -0.2) is 24.5 Å². The molecule has 0 atom stereocenters. The third-order valence-corrected chi connectivity index (χ3v) is 3.27. The maximum Gasteiger partial charge on any atom is 0.390 e. The van der Waals surface area contributed by atoms with Gasteiger partial charge in [-0.2, -0.15) is 9.78 Å². The minimum absolute atomic E-state index is 0.112. The van der Waals surface area contributed by atoms with Gasteiger partial charge in [0.2, 0.25) is 0 Å². The summed E-state index contributed by atoms with van der Waals surface area (Å²) < 4.78 is 29.4. The van der Waals surface area contributed by atoms with Crippen LogP contribution in [0.3, 0.4) is 0 Å². The van der Waals surface area contributed by atoms with Gasteiger partial charge in [0.25, 0.3) is 0 Å². The first kappa shape index (κ1) is 14.8. The minimum Gasteiger partial charge on any atom is -0.358 e. The molecule has 0 aliphatic carbocycles. The largest absolute Gasteiger partial charge is 0.390 e. The van der Waals surface area contributed by atoms with E-state index >= 15 is 0 Å². The summed E-state index contributed by atoms with van der Waals surface area (Å²) in [5, 5.41) is 18.8. The molecule has 118 valence electrons. The number of halogens is 2. The van der Waals surface area contributed by atoms with Crippen molar-refractivity contribution in [1.82, 2.24) is 19.6 Å². The fourth-order valence-electron chi connectivity index (χ4n) is 2.14. The van der Waals surface area contributed by atoms with E-state index in [1.807, 2.05) is 0 Å². The van der Waals surface area contributed by atoms with E-state index in [0.717, 1.165) is 12.1 Å². The second-order valence-corrected chi connectivity index (χ2v) is 4.91. The van der Waals surface area contributed by atoms with Crippen molar-refractivity contribution < 1.29 is 13.7 Å². The highest BCUT2D eigenvalue weighted by Gasteiger charge is 2.16. The third-order valence-electron chi connectivity index (χ3n) is 3.27. The van der Waals surface area contributed by atoms with Crippen molar-refractivity contribution in [2.75, 3.05) is 0 Å². The maximum atomic E-state index is 13.7. The van der Waals surface area contributed by atoms with Crippen LogP contribution in [0.1, 0.15) is 11.4 Å². The van der Waals surface area contributed by atoms with E-state index in [9.17, 15) is 18.9 Å². The highest BCUT2D eigenvalue weighted by Crippen LogP contribution is 2.16. The van der Waals surface area contributed by atoms with Crippen molar-refractivity contribution in [2.24, 2.45) is 0 Å². The van der Waals surface area contributed by atoms with Crippen LogP contribution in [-0.2, 0) is 6.54 Å². The Kier molecular flexibility index (Phi) is 3.61. The van der Waals surface area contributed by atoms with Gasteiger partial charge in [-0.3, -0.25) is 0 Å². The number of nitrogens with zero attached hydrogens (tertiary/aromatic N) is 5. The summed E-state index contributed by atoms with van der Waals surface area (Å²) >= 11 is 0. The zero-order valence-electron chi connectivity index (χ0n) is 12.0. The molecule has 0 saturated heterocycles. The van der Waals surface area contributed by atoms with Crippen molar-refractivity contribution in [3.63, 3.8) is 0 Å². The molecule has 9 heteroatoms. The maximum absolute atomic E-state index is 13.7. The van der Waals surface area contributed by atoms with Crippen LogP contribution < -0.4 is 0 Å². The smallest absolute Gasteiger partial charge is 0.358 e. The molecule has 3 rings (SSSR count). The third kappa shape index (κ3) is 2.93. The monoisotopic (exact) mass is 319 g/mol. The van der Waals surface area contributed by atoms with Crippen LogP contribution in [0.25, 0.3) is 5.69 Å². The molecule has 7 nitrogen and oxygen atoms in total. The molecule has 0 fully saturated rings. The molecule has 0 aliphatic heterocycles. The number of nitro groups is 1. The van der Waals surface area contributed by atoms with Gasteiger partial charge in [0.05, 0.1) is 22.6 Å². The van der Waals surface area contributed by atoms with Crippen molar-refractivity contribution in [3.05, 3.63) is 69.7 Å². The summed E-state index contributed by atoms with van der Waals surface area (Å²) in [6, 6.07) is 6.19. The quantitative estimate of drug-likeness (QED) is 0.547. The van der Waals surface area contributed by atoms with Gasteiger partial charge in [-0.25, -0.2) is 13.5 Å². The summed E-state index contributed by atoms with van der Waals surface area (Å²) in [5.41, 5.74) is 1.26. The van der Waals surface area contributed by atoms with E-state index in [2.05, 4.69) is 10.2 Å². The number of hydrogen-bond donors (Lipinski definition) is 0. The zero-order valence-corrected chi connectivity index (χ0v) is 12.0. The molecule has 0 radical (unpaired) electrons. The molecule has 0 amide bonds. The lowest BCUT2D eigenvalue weighted by molar-refractivity contribution is -0.389.